The van der Waals surface area contributed by atoms with Crippen LogP contribution in [-0.4, -0.2) is 51.3 Å². The summed E-state index contributed by atoms with van der Waals surface area (Å²) in [6.45, 7) is 2.26. The van der Waals surface area contributed by atoms with E-state index in [1.165, 1.54) is 0 Å². The average molecular weight is 193 g/mol. The molecule has 1 fully saturated rings. The second-order valence-corrected chi connectivity index (χ2v) is 5.74. The number of sulfone groups is 1. The predicted octanol–water partition coefficient (Wildman–Crippen LogP) is -0.292. The third-order valence-electron chi connectivity index (χ3n) is 1.88. The summed E-state index contributed by atoms with van der Waals surface area (Å²) in [7, 11) is 0.835. The van der Waals surface area contributed by atoms with E-state index in [0.29, 0.717) is 6.54 Å². The van der Waals surface area contributed by atoms with Crippen molar-refractivity contribution in [1.29, 1.82) is 0 Å². The molecular formula is C7H15NO3S. The Bertz CT molecular complexity index is 247. The molecule has 0 aliphatic carbocycles. The normalized spacial score (nSPS) is 34.3. The van der Waals surface area contributed by atoms with Crippen molar-refractivity contribution in [1.82, 2.24) is 4.90 Å². The summed E-state index contributed by atoms with van der Waals surface area (Å²) in [6, 6.07) is 0. The SMILES string of the molecule is C[C@@H]1O[C@H](CN(C)C)CS1(=O)=O. The Morgan fingerprint density at radius 3 is 2.42 bits per heavy atom. The number of rotatable bonds is 2. The van der Waals surface area contributed by atoms with Crippen molar-refractivity contribution in [3.8, 4) is 0 Å². The molecule has 5 heteroatoms. The Labute approximate surface area is 73.4 Å². The summed E-state index contributed by atoms with van der Waals surface area (Å²) in [5.41, 5.74) is -0.623. The van der Waals surface area contributed by atoms with Crippen LogP contribution in [0.1, 0.15) is 6.92 Å². The molecule has 0 unspecified atom stereocenters. The lowest BCUT2D eigenvalue weighted by Crippen LogP contribution is -2.27. The molecule has 0 saturated carbocycles. The second-order valence-electron chi connectivity index (χ2n) is 3.42. The molecule has 2 atom stereocenters. The summed E-state index contributed by atoms with van der Waals surface area (Å²) < 4.78 is 27.7. The van der Waals surface area contributed by atoms with E-state index in [1.54, 1.807) is 6.92 Å². The molecule has 0 amide bonds. The molecule has 0 aromatic rings. The summed E-state index contributed by atoms with van der Waals surface area (Å²) in [4.78, 5) is 1.93. The van der Waals surface area contributed by atoms with Gasteiger partial charge in [-0.05, 0) is 21.0 Å². The fourth-order valence-electron chi connectivity index (χ4n) is 1.29. The molecule has 1 rings (SSSR count). The highest BCUT2D eigenvalue weighted by atomic mass is 32.2. The summed E-state index contributed by atoms with van der Waals surface area (Å²) in [5.74, 6) is 0.159. The maximum Gasteiger partial charge on any atom is 0.179 e. The van der Waals surface area contributed by atoms with E-state index in [4.69, 9.17) is 4.74 Å². The lowest BCUT2D eigenvalue weighted by molar-refractivity contribution is 0.0564. The Balaban J connectivity index is 2.56. The first-order valence-electron chi connectivity index (χ1n) is 3.93. The van der Waals surface area contributed by atoms with Crippen molar-refractivity contribution < 1.29 is 13.2 Å². The van der Waals surface area contributed by atoms with Crippen molar-refractivity contribution in [2.75, 3.05) is 26.4 Å². The van der Waals surface area contributed by atoms with Crippen LogP contribution >= 0.6 is 0 Å². The van der Waals surface area contributed by atoms with Gasteiger partial charge in [0.15, 0.2) is 15.3 Å². The van der Waals surface area contributed by atoms with Crippen molar-refractivity contribution in [2.45, 2.75) is 18.5 Å². The molecule has 0 radical (unpaired) electrons. The Kier molecular flexibility index (Phi) is 2.75. The molecule has 12 heavy (non-hydrogen) atoms. The van der Waals surface area contributed by atoms with Gasteiger partial charge in [-0.3, -0.25) is 0 Å². The van der Waals surface area contributed by atoms with E-state index >= 15 is 0 Å². The first-order chi connectivity index (χ1) is 5.42. The predicted molar refractivity (Wildman–Crippen MR) is 46.7 cm³/mol. The maximum absolute atomic E-state index is 11.2. The third-order valence-corrected chi connectivity index (χ3v) is 3.84. The fourth-order valence-corrected chi connectivity index (χ4v) is 2.59. The summed E-state index contributed by atoms with van der Waals surface area (Å²) in [6.07, 6.45) is -0.153. The smallest absolute Gasteiger partial charge is 0.179 e. The zero-order valence-electron chi connectivity index (χ0n) is 7.65. The van der Waals surface area contributed by atoms with Gasteiger partial charge in [0.25, 0.3) is 0 Å². The van der Waals surface area contributed by atoms with Gasteiger partial charge >= 0.3 is 0 Å². The van der Waals surface area contributed by atoms with E-state index < -0.39 is 15.3 Å². The molecular weight excluding hydrogens is 178 g/mol. The lowest BCUT2D eigenvalue weighted by atomic mass is 10.4. The summed E-state index contributed by atoms with van der Waals surface area (Å²) in [5, 5.41) is 0. The lowest BCUT2D eigenvalue weighted by Gasteiger charge is -2.14. The van der Waals surface area contributed by atoms with Crippen molar-refractivity contribution in [3.05, 3.63) is 0 Å². The molecule has 0 bridgehead atoms. The fraction of sp³-hybridized carbons (Fsp3) is 1.00. The number of nitrogens with zero attached hydrogens (tertiary/aromatic N) is 1. The van der Waals surface area contributed by atoms with Crippen LogP contribution in [0.4, 0.5) is 0 Å². The molecule has 1 heterocycles. The minimum Gasteiger partial charge on any atom is -0.357 e. The van der Waals surface area contributed by atoms with Crippen LogP contribution in [0.3, 0.4) is 0 Å². The standard InChI is InChI=1S/C7H15NO3S/c1-6-11-7(4-8(2)3)5-12(6,9)10/h6-7H,4-5H2,1-3H3/t6-,7-/m1/s1. The number of hydrogen-bond donors (Lipinski definition) is 0. The highest BCUT2D eigenvalue weighted by Crippen LogP contribution is 2.18. The van der Waals surface area contributed by atoms with Crippen molar-refractivity contribution >= 4 is 9.84 Å². The van der Waals surface area contributed by atoms with E-state index in [1.807, 2.05) is 19.0 Å². The van der Waals surface area contributed by atoms with Gasteiger partial charge in [0, 0.05) is 6.54 Å². The first-order valence-corrected chi connectivity index (χ1v) is 5.65. The first kappa shape index (κ1) is 9.95. The van der Waals surface area contributed by atoms with Crippen LogP contribution in [-0.2, 0) is 14.6 Å². The minimum absolute atomic E-state index is 0.153. The highest BCUT2D eigenvalue weighted by molar-refractivity contribution is 7.92. The molecule has 4 nitrogen and oxygen atoms in total. The zero-order chi connectivity index (χ0) is 9.35. The van der Waals surface area contributed by atoms with Gasteiger partial charge in [-0.2, -0.15) is 0 Å². The molecule has 0 aromatic heterocycles. The van der Waals surface area contributed by atoms with Gasteiger partial charge in [0.05, 0.1) is 11.9 Å². The number of likely N-dealkylation sites (N-methyl/N-ethyl adjacent to an activating group) is 1. The molecule has 1 aliphatic rings. The Morgan fingerprint density at radius 1 is 1.50 bits per heavy atom. The monoisotopic (exact) mass is 193 g/mol. The average Bonchev–Trinajstić information content (AvgIpc) is 2.04. The highest BCUT2D eigenvalue weighted by Gasteiger charge is 2.35. The Hall–Kier alpha value is -0.130. The quantitative estimate of drug-likeness (QED) is 0.604. The van der Waals surface area contributed by atoms with Crippen molar-refractivity contribution in [3.63, 3.8) is 0 Å². The van der Waals surface area contributed by atoms with Crippen molar-refractivity contribution in [2.24, 2.45) is 0 Å². The van der Waals surface area contributed by atoms with Crippen LogP contribution < -0.4 is 0 Å². The summed E-state index contributed by atoms with van der Waals surface area (Å²) >= 11 is 0. The van der Waals surface area contributed by atoms with Gasteiger partial charge in [0.2, 0.25) is 0 Å². The van der Waals surface area contributed by atoms with E-state index in [9.17, 15) is 8.42 Å². The number of hydrogen-bond acceptors (Lipinski definition) is 4. The molecule has 0 N–H and O–H groups in total. The third kappa shape index (κ3) is 2.18. The molecule has 72 valence electrons. The van der Waals surface area contributed by atoms with Crippen LogP contribution in [0.15, 0.2) is 0 Å². The minimum atomic E-state index is -2.97. The van der Waals surface area contributed by atoms with Gasteiger partial charge < -0.3 is 9.64 Å². The van der Waals surface area contributed by atoms with Crippen LogP contribution in [0.5, 0.6) is 0 Å². The van der Waals surface area contributed by atoms with Gasteiger partial charge in [-0.1, -0.05) is 0 Å². The van der Waals surface area contributed by atoms with Crippen LogP contribution in [0.2, 0.25) is 0 Å². The van der Waals surface area contributed by atoms with Gasteiger partial charge in [0.1, 0.15) is 0 Å². The topological polar surface area (TPSA) is 46.6 Å². The van der Waals surface area contributed by atoms with Crippen LogP contribution in [0, 0.1) is 0 Å². The van der Waals surface area contributed by atoms with E-state index in [-0.39, 0.29) is 11.9 Å². The second kappa shape index (κ2) is 3.32. The molecule has 0 spiro atoms. The van der Waals surface area contributed by atoms with Crippen LogP contribution in [0.25, 0.3) is 0 Å². The van der Waals surface area contributed by atoms with E-state index in [0.717, 1.165) is 0 Å². The molecule has 1 aliphatic heterocycles. The zero-order valence-corrected chi connectivity index (χ0v) is 8.47. The maximum atomic E-state index is 11.2. The molecule has 1 saturated heterocycles. The van der Waals surface area contributed by atoms with Gasteiger partial charge in [-0.15, -0.1) is 0 Å². The molecule has 0 aromatic carbocycles. The van der Waals surface area contributed by atoms with Gasteiger partial charge in [-0.25, -0.2) is 8.42 Å². The number of ether oxygens (including phenoxy) is 1. The van der Waals surface area contributed by atoms with E-state index in [2.05, 4.69) is 0 Å². The largest absolute Gasteiger partial charge is 0.357 e. The Morgan fingerprint density at radius 2 is 2.08 bits per heavy atom.